The zero-order valence-corrected chi connectivity index (χ0v) is 17.2. The van der Waals surface area contributed by atoms with Crippen molar-refractivity contribution in [1.29, 1.82) is 0 Å². The average Bonchev–Trinajstić information content (AvgIpc) is 3.00. The number of nitrogens with zero attached hydrogens (tertiary/aromatic N) is 3. The molecule has 0 bridgehead atoms. The first-order valence-corrected chi connectivity index (χ1v) is 9.25. The largest absolute Gasteiger partial charge is 0.493 e. The van der Waals surface area contributed by atoms with Crippen molar-refractivity contribution in [3.05, 3.63) is 68.9 Å². The number of hydrogen-bond acceptors (Lipinski definition) is 6. The zero-order chi connectivity index (χ0) is 21.0. The van der Waals surface area contributed by atoms with E-state index in [0.29, 0.717) is 11.5 Å². The van der Waals surface area contributed by atoms with Crippen LogP contribution in [0.1, 0.15) is 5.69 Å². The number of ether oxygens (including phenoxy) is 2. The highest BCUT2D eigenvalue weighted by Gasteiger charge is 2.15. The Morgan fingerprint density at radius 3 is 2.62 bits per heavy atom. The molecule has 0 spiro atoms. The van der Waals surface area contributed by atoms with Crippen molar-refractivity contribution in [2.45, 2.75) is 13.5 Å². The van der Waals surface area contributed by atoms with Crippen LogP contribution in [0.3, 0.4) is 0 Å². The van der Waals surface area contributed by atoms with E-state index >= 15 is 0 Å². The number of benzene rings is 2. The quantitative estimate of drug-likeness (QED) is 0.415. The first kappa shape index (κ1) is 20.3. The molecule has 1 heterocycles. The zero-order valence-electron chi connectivity index (χ0n) is 15.6. The third kappa shape index (κ3) is 4.91. The Labute approximate surface area is 174 Å². The summed E-state index contributed by atoms with van der Waals surface area (Å²) in [6.45, 7) is 1.78. The van der Waals surface area contributed by atoms with E-state index < -0.39 is 4.92 Å². The van der Waals surface area contributed by atoms with Gasteiger partial charge in [0, 0.05) is 12.1 Å². The van der Waals surface area contributed by atoms with Crippen molar-refractivity contribution in [2.24, 2.45) is 0 Å². The second-order valence-corrected chi connectivity index (χ2v) is 6.86. The molecule has 0 saturated heterocycles. The van der Waals surface area contributed by atoms with E-state index in [1.54, 1.807) is 30.5 Å². The normalized spacial score (nSPS) is 10.4. The Morgan fingerprint density at radius 2 is 2.00 bits per heavy atom. The van der Waals surface area contributed by atoms with E-state index in [1.165, 1.54) is 30.0 Å². The minimum absolute atomic E-state index is 0.0389. The van der Waals surface area contributed by atoms with Gasteiger partial charge in [-0.05, 0) is 35.0 Å². The lowest BCUT2D eigenvalue weighted by Crippen LogP contribution is -2.20. The van der Waals surface area contributed by atoms with Gasteiger partial charge in [0.25, 0.3) is 5.69 Å². The summed E-state index contributed by atoms with van der Waals surface area (Å²) in [6, 6.07) is 11.0. The van der Waals surface area contributed by atoms with Crippen molar-refractivity contribution in [3.8, 4) is 17.2 Å². The lowest BCUT2D eigenvalue weighted by atomic mass is 10.2. The number of methoxy groups -OCH3 is 1. The topological polar surface area (TPSA) is 109 Å². The summed E-state index contributed by atoms with van der Waals surface area (Å²) in [6.07, 6.45) is 1.59. The maximum atomic E-state index is 12.4. The minimum Gasteiger partial charge on any atom is -0.493 e. The van der Waals surface area contributed by atoms with Crippen LogP contribution in [0, 0.1) is 17.0 Å². The number of halogens is 1. The molecule has 29 heavy (non-hydrogen) atoms. The third-order valence-corrected chi connectivity index (χ3v) is 4.80. The van der Waals surface area contributed by atoms with Crippen molar-refractivity contribution in [1.82, 2.24) is 9.78 Å². The summed E-state index contributed by atoms with van der Waals surface area (Å²) in [4.78, 5) is 23.1. The summed E-state index contributed by atoms with van der Waals surface area (Å²) < 4.78 is 13.3. The average molecular weight is 461 g/mol. The maximum Gasteiger partial charge on any atom is 0.275 e. The molecule has 0 saturated carbocycles. The van der Waals surface area contributed by atoms with Gasteiger partial charge in [-0.2, -0.15) is 5.10 Å². The van der Waals surface area contributed by atoms with Gasteiger partial charge >= 0.3 is 0 Å². The molecule has 1 amide bonds. The number of amides is 1. The molecule has 3 aromatic rings. The Bertz CT molecular complexity index is 1070. The number of carbonyl (C=O) groups excluding carboxylic acids is 1. The second kappa shape index (κ2) is 8.74. The first-order chi connectivity index (χ1) is 13.9. The predicted octanol–water partition coefficient (Wildman–Crippen LogP) is 4.30. The highest BCUT2D eigenvalue weighted by atomic mass is 79.9. The molecule has 1 aromatic heterocycles. The van der Waals surface area contributed by atoms with Crippen LogP contribution in [0.25, 0.3) is 0 Å². The Balaban J connectivity index is 1.83. The van der Waals surface area contributed by atoms with Gasteiger partial charge in [-0.15, -0.1) is 0 Å². The van der Waals surface area contributed by atoms with E-state index in [9.17, 15) is 14.9 Å². The highest BCUT2D eigenvalue weighted by molar-refractivity contribution is 9.10. The molecule has 3 rings (SSSR count). The number of anilines is 1. The van der Waals surface area contributed by atoms with Crippen LogP contribution < -0.4 is 14.8 Å². The number of nitro benzene ring substituents is 1. The summed E-state index contributed by atoms with van der Waals surface area (Å²) >= 11 is 3.33. The van der Waals surface area contributed by atoms with E-state index in [0.717, 1.165) is 10.2 Å². The fourth-order valence-electron chi connectivity index (χ4n) is 2.57. The van der Waals surface area contributed by atoms with E-state index in [1.807, 2.05) is 6.92 Å². The van der Waals surface area contributed by atoms with Crippen LogP contribution in [0.2, 0.25) is 0 Å². The van der Waals surface area contributed by atoms with Gasteiger partial charge in [0.05, 0.1) is 40.2 Å². The summed E-state index contributed by atoms with van der Waals surface area (Å²) in [5, 5.41) is 18.0. The van der Waals surface area contributed by atoms with Gasteiger partial charge in [-0.3, -0.25) is 19.6 Å². The van der Waals surface area contributed by atoms with E-state index in [4.69, 9.17) is 9.47 Å². The SMILES string of the molecule is COc1ccccc1Oc1cc(NC(=O)Cn2ncc(Br)c2C)cc([N+](=O)[O-])c1. The number of hydrogen-bond donors (Lipinski definition) is 1. The number of nitro groups is 1. The Kier molecular flexibility index (Phi) is 6.13. The molecule has 150 valence electrons. The van der Waals surface area contributed by atoms with Crippen LogP contribution in [-0.2, 0) is 11.3 Å². The van der Waals surface area contributed by atoms with Gasteiger partial charge in [0.15, 0.2) is 11.5 Å². The maximum absolute atomic E-state index is 12.4. The van der Waals surface area contributed by atoms with Crippen LogP contribution in [0.5, 0.6) is 17.2 Å². The molecular weight excluding hydrogens is 444 g/mol. The van der Waals surface area contributed by atoms with Gasteiger partial charge < -0.3 is 14.8 Å². The number of nitrogens with one attached hydrogen (secondary N) is 1. The number of carbonyl (C=O) groups is 1. The Morgan fingerprint density at radius 1 is 1.28 bits per heavy atom. The lowest BCUT2D eigenvalue weighted by Gasteiger charge is -2.12. The van der Waals surface area contributed by atoms with E-state index in [-0.39, 0.29) is 29.6 Å². The van der Waals surface area contributed by atoms with Gasteiger partial charge in [0.1, 0.15) is 12.3 Å². The van der Waals surface area contributed by atoms with Crippen molar-refractivity contribution in [3.63, 3.8) is 0 Å². The number of rotatable bonds is 7. The van der Waals surface area contributed by atoms with Gasteiger partial charge in [0.2, 0.25) is 5.91 Å². The third-order valence-electron chi connectivity index (χ3n) is 4.02. The number of aromatic nitrogens is 2. The molecule has 0 unspecified atom stereocenters. The molecule has 0 atom stereocenters. The standard InChI is InChI=1S/C19H17BrN4O5/c1-12-16(20)10-21-23(12)11-19(25)22-13-7-14(24(26)27)9-15(8-13)29-18-6-4-3-5-17(18)28-2/h3-10H,11H2,1-2H3,(H,22,25). The molecule has 9 nitrogen and oxygen atoms in total. The van der Waals surface area contributed by atoms with Crippen molar-refractivity contribution < 1.29 is 19.2 Å². The van der Waals surface area contributed by atoms with Crippen molar-refractivity contribution >= 4 is 33.2 Å². The molecule has 0 aliphatic heterocycles. The van der Waals surface area contributed by atoms with Crippen LogP contribution >= 0.6 is 15.9 Å². The molecule has 0 radical (unpaired) electrons. The fourth-order valence-corrected chi connectivity index (χ4v) is 2.87. The van der Waals surface area contributed by atoms with Crippen LogP contribution in [0.4, 0.5) is 11.4 Å². The van der Waals surface area contributed by atoms with Crippen LogP contribution in [-0.4, -0.2) is 27.7 Å². The highest BCUT2D eigenvalue weighted by Crippen LogP contribution is 2.34. The second-order valence-electron chi connectivity index (χ2n) is 6.01. The lowest BCUT2D eigenvalue weighted by molar-refractivity contribution is -0.384. The summed E-state index contributed by atoms with van der Waals surface area (Å²) in [5.41, 5.74) is 0.808. The first-order valence-electron chi connectivity index (χ1n) is 8.45. The van der Waals surface area contributed by atoms with E-state index in [2.05, 4.69) is 26.3 Å². The molecule has 0 fully saturated rings. The molecule has 0 aliphatic rings. The minimum atomic E-state index is -0.556. The smallest absolute Gasteiger partial charge is 0.275 e. The summed E-state index contributed by atoms with van der Waals surface area (Å²) in [7, 11) is 1.50. The molecule has 1 N–H and O–H groups in total. The van der Waals surface area contributed by atoms with Gasteiger partial charge in [-0.25, -0.2) is 0 Å². The number of para-hydroxylation sites is 2. The molecule has 0 aliphatic carbocycles. The monoisotopic (exact) mass is 460 g/mol. The molecule has 10 heteroatoms. The van der Waals surface area contributed by atoms with Crippen molar-refractivity contribution in [2.75, 3.05) is 12.4 Å². The molecule has 2 aromatic carbocycles. The predicted molar refractivity (Wildman–Crippen MR) is 109 cm³/mol. The fraction of sp³-hybridized carbons (Fsp3) is 0.158. The number of non-ortho nitro benzene ring substituents is 1. The van der Waals surface area contributed by atoms with Crippen LogP contribution in [0.15, 0.2) is 53.1 Å². The Hall–Kier alpha value is -3.40. The molecular formula is C19H17BrN4O5. The summed E-state index contributed by atoms with van der Waals surface area (Å²) in [5.74, 6) is 0.679. The van der Waals surface area contributed by atoms with Gasteiger partial charge in [-0.1, -0.05) is 12.1 Å².